The molecule has 2 aromatic carbocycles. The summed E-state index contributed by atoms with van der Waals surface area (Å²) in [7, 11) is 0. The summed E-state index contributed by atoms with van der Waals surface area (Å²) in [6, 6.07) is 11.5. The van der Waals surface area contributed by atoms with Crippen LogP contribution in [-0.4, -0.2) is 23.1 Å². The number of hydrogen-bond acceptors (Lipinski definition) is 3. The average Bonchev–Trinajstić information content (AvgIpc) is 2.55. The van der Waals surface area contributed by atoms with E-state index >= 15 is 0 Å². The Morgan fingerprint density at radius 1 is 1.20 bits per heavy atom. The van der Waals surface area contributed by atoms with Gasteiger partial charge < -0.3 is 15.2 Å². The van der Waals surface area contributed by atoms with Gasteiger partial charge in [-0.15, -0.1) is 0 Å². The van der Waals surface area contributed by atoms with E-state index in [4.69, 9.17) is 33.0 Å². The fourth-order valence-electron chi connectivity index (χ4n) is 1.95. The Morgan fingerprint density at radius 3 is 2.64 bits per heavy atom. The van der Waals surface area contributed by atoms with Gasteiger partial charge in [-0.3, -0.25) is 4.79 Å². The first kappa shape index (κ1) is 18.8. The number of benzene rings is 2. The van der Waals surface area contributed by atoms with Crippen molar-refractivity contribution in [2.75, 3.05) is 5.32 Å². The van der Waals surface area contributed by atoms with Crippen LogP contribution in [0.25, 0.3) is 6.08 Å². The van der Waals surface area contributed by atoms with Gasteiger partial charge >= 0.3 is 5.97 Å². The number of halogens is 2. The molecule has 2 aromatic rings. The molecule has 1 atom stereocenters. The molecule has 0 heterocycles. The molecule has 0 aliphatic carbocycles. The van der Waals surface area contributed by atoms with Crippen molar-refractivity contribution in [1.29, 1.82) is 0 Å². The van der Waals surface area contributed by atoms with E-state index in [2.05, 4.69) is 5.32 Å². The number of ether oxygens (including phenoxy) is 1. The van der Waals surface area contributed by atoms with Gasteiger partial charge in [0.05, 0.1) is 5.02 Å². The van der Waals surface area contributed by atoms with Gasteiger partial charge in [-0.25, -0.2) is 4.79 Å². The Labute approximate surface area is 154 Å². The van der Waals surface area contributed by atoms with Gasteiger partial charge in [0.15, 0.2) is 6.10 Å². The lowest BCUT2D eigenvalue weighted by molar-refractivity contribution is -0.131. The van der Waals surface area contributed by atoms with Gasteiger partial charge in [-0.2, -0.15) is 0 Å². The van der Waals surface area contributed by atoms with Crippen LogP contribution in [-0.2, 0) is 9.59 Å². The Balaban J connectivity index is 2.03. The molecule has 0 fully saturated rings. The SMILES string of the molecule is CC(Oc1ccc(Cl)cc1Cl)C(=O)Nc1cccc(/C=C/C(=O)O)c1. The monoisotopic (exact) mass is 379 g/mol. The van der Waals surface area contributed by atoms with E-state index in [1.807, 2.05) is 0 Å². The van der Waals surface area contributed by atoms with Crippen LogP contribution in [0.2, 0.25) is 10.0 Å². The summed E-state index contributed by atoms with van der Waals surface area (Å²) in [5.74, 6) is -1.06. The van der Waals surface area contributed by atoms with Gasteiger partial charge in [-0.05, 0) is 48.9 Å². The molecule has 1 unspecified atom stereocenters. The lowest BCUT2D eigenvalue weighted by Gasteiger charge is -2.16. The van der Waals surface area contributed by atoms with Crippen molar-refractivity contribution in [1.82, 2.24) is 0 Å². The van der Waals surface area contributed by atoms with Crippen molar-refractivity contribution in [3.05, 3.63) is 64.1 Å². The minimum absolute atomic E-state index is 0.313. The van der Waals surface area contributed by atoms with Gasteiger partial charge in [0, 0.05) is 16.8 Å². The highest BCUT2D eigenvalue weighted by Crippen LogP contribution is 2.28. The van der Waals surface area contributed by atoms with E-state index in [9.17, 15) is 9.59 Å². The quantitative estimate of drug-likeness (QED) is 0.724. The second-order valence-electron chi connectivity index (χ2n) is 5.12. The number of carbonyl (C=O) groups excluding carboxylic acids is 1. The number of rotatable bonds is 6. The number of anilines is 1. The molecule has 0 radical (unpaired) electrons. The number of hydrogen-bond donors (Lipinski definition) is 2. The summed E-state index contributed by atoms with van der Waals surface area (Å²) in [4.78, 5) is 22.8. The van der Waals surface area contributed by atoms with Crippen molar-refractivity contribution in [2.24, 2.45) is 0 Å². The number of carboxylic acids is 1. The standard InChI is InChI=1S/C18H15Cl2NO4/c1-11(25-16-7-6-13(19)10-15(16)20)18(24)21-14-4-2-3-12(9-14)5-8-17(22)23/h2-11H,1H3,(H,21,24)(H,22,23)/b8-5+. The number of carbonyl (C=O) groups is 2. The van der Waals surface area contributed by atoms with Crippen molar-refractivity contribution >= 4 is 46.8 Å². The molecule has 0 saturated carbocycles. The molecule has 2 rings (SSSR count). The highest BCUT2D eigenvalue weighted by Gasteiger charge is 2.16. The number of aliphatic carboxylic acids is 1. The van der Waals surface area contributed by atoms with Gasteiger partial charge in [0.1, 0.15) is 5.75 Å². The van der Waals surface area contributed by atoms with Gasteiger partial charge in [-0.1, -0.05) is 35.3 Å². The normalized spacial score (nSPS) is 12.0. The predicted molar refractivity (Wildman–Crippen MR) is 98.3 cm³/mol. The van der Waals surface area contributed by atoms with Crippen molar-refractivity contribution < 1.29 is 19.4 Å². The zero-order valence-electron chi connectivity index (χ0n) is 13.2. The summed E-state index contributed by atoms with van der Waals surface area (Å²) in [5, 5.41) is 12.1. The molecule has 25 heavy (non-hydrogen) atoms. The second kappa shape index (κ2) is 8.55. The molecule has 130 valence electrons. The van der Waals surface area contributed by atoms with E-state index in [1.165, 1.54) is 12.1 Å². The number of carboxylic acid groups (broad SMARTS) is 1. The van der Waals surface area contributed by atoms with Crippen LogP contribution < -0.4 is 10.1 Å². The van der Waals surface area contributed by atoms with Crippen LogP contribution in [0.1, 0.15) is 12.5 Å². The van der Waals surface area contributed by atoms with Crippen LogP contribution in [0.3, 0.4) is 0 Å². The van der Waals surface area contributed by atoms with Gasteiger partial charge in [0.25, 0.3) is 5.91 Å². The van der Waals surface area contributed by atoms with Crippen molar-refractivity contribution in [2.45, 2.75) is 13.0 Å². The zero-order valence-corrected chi connectivity index (χ0v) is 14.7. The van der Waals surface area contributed by atoms with E-state index < -0.39 is 12.1 Å². The predicted octanol–water partition coefficient (Wildman–Crippen LogP) is 4.50. The van der Waals surface area contributed by atoms with Crippen LogP contribution in [0.4, 0.5) is 5.69 Å². The maximum atomic E-state index is 12.3. The highest BCUT2D eigenvalue weighted by atomic mass is 35.5. The molecule has 0 spiro atoms. The molecule has 7 heteroatoms. The Hall–Kier alpha value is -2.50. The molecule has 0 aliphatic heterocycles. The van der Waals surface area contributed by atoms with Crippen molar-refractivity contribution in [3.8, 4) is 5.75 Å². The molecule has 0 aromatic heterocycles. The number of nitrogens with one attached hydrogen (secondary N) is 1. The molecule has 5 nitrogen and oxygen atoms in total. The average molecular weight is 380 g/mol. The Morgan fingerprint density at radius 2 is 1.96 bits per heavy atom. The van der Waals surface area contributed by atoms with Crippen LogP contribution in [0.5, 0.6) is 5.75 Å². The third-order valence-electron chi connectivity index (χ3n) is 3.14. The summed E-state index contributed by atoms with van der Waals surface area (Å²) in [6.07, 6.45) is 1.66. The van der Waals surface area contributed by atoms with E-state index in [0.717, 1.165) is 6.08 Å². The Bertz CT molecular complexity index is 820. The minimum atomic E-state index is -1.05. The summed E-state index contributed by atoms with van der Waals surface area (Å²) in [6.45, 7) is 1.59. The highest BCUT2D eigenvalue weighted by molar-refractivity contribution is 6.35. The Kier molecular flexibility index (Phi) is 6.44. The third-order valence-corrected chi connectivity index (χ3v) is 3.67. The topological polar surface area (TPSA) is 75.6 Å². The first-order valence-corrected chi connectivity index (χ1v) is 8.04. The maximum Gasteiger partial charge on any atom is 0.328 e. The molecular formula is C18H15Cl2NO4. The van der Waals surface area contributed by atoms with Crippen LogP contribution in [0.15, 0.2) is 48.5 Å². The summed E-state index contributed by atoms with van der Waals surface area (Å²) < 4.78 is 5.55. The summed E-state index contributed by atoms with van der Waals surface area (Å²) in [5.41, 5.74) is 1.17. The lowest BCUT2D eigenvalue weighted by Crippen LogP contribution is -2.30. The lowest BCUT2D eigenvalue weighted by atomic mass is 10.2. The molecule has 0 saturated heterocycles. The number of amides is 1. The molecule has 1 amide bonds. The third kappa shape index (κ3) is 5.81. The largest absolute Gasteiger partial charge is 0.479 e. The van der Waals surface area contributed by atoms with E-state index in [0.29, 0.717) is 27.0 Å². The fraction of sp³-hybridized carbons (Fsp3) is 0.111. The van der Waals surface area contributed by atoms with E-state index in [-0.39, 0.29) is 5.91 Å². The molecular weight excluding hydrogens is 365 g/mol. The molecule has 0 aliphatic rings. The fourth-order valence-corrected chi connectivity index (χ4v) is 2.40. The molecule has 0 bridgehead atoms. The van der Waals surface area contributed by atoms with Crippen LogP contribution in [0, 0.1) is 0 Å². The summed E-state index contributed by atoms with van der Waals surface area (Å²) >= 11 is 11.8. The van der Waals surface area contributed by atoms with Crippen molar-refractivity contribution in [3.63, 3.8) is 0 Å². The molecule has 2 N–H and O–H groups in total. The maximum absolute atomic E-state index is 12.3. The minimum Gasteiger partial charge on any atom is -0.479 e. The first-order chi connectivity index (χ1) is 11.8. The zero-order chi connectivity index (χ0) is 18.4. The van der Waals surface area contributed by atoms with Gasteiger partial charge in [0.2, 0.25) is 0 Å². The smallest absolute Gasteiger partial charge is 0.328 e. The first-order valence-electron chi connectivity index (χ1n) is 7.29. The second-order valence-corrected chi connectivity index (χ2v) is 5.96. The van der Waals surface area contributed by atoms with Crippen LogP contribution >= 0.6 is 23.2 Å². The van der Waals surface area contributed by atoms with E-state index in [1.54, 1.807) is 43.3 Å².